The quantitative estimate of drug-likeness (QED) is 0.658. The highest BCUT2D eigenvalue weighted by molar-refractivity contribution is 6.30. The lowest BCUT2D eigenvalue weighted by molar-refractivity contribution is -0.276. The second kappa shape index (κ2) is 4.28. The first-order valence-corrected chi connectivity index (χ1v) is 4.05. The maximum Gasteiger partial charge on any atom is 0.574 e. The fourth-order valence-electron chi connectivity index (χ4n) is 0.900. The number of H-pyrrole nitrogens is 1. The van der Waals surface area contributed by atoms with Crippen molar-refractivity contribution in [1.29, 1.82) is 0 Å². The van der Waals surface area contributed by atoms with Gasteiger partial charge in [-0.15, -0.1) is 13.2 Å². The van der Waals surface area contributed by atoms with Gasteiger partial charge in [-0.1, -0.05) is 11.6 Å². The Morgan fingerprint density at radius 3 is 2.31 bits per heavy atom. The normalized spacial score (nSPS) is 11.9. The molecule has 0 radical (unpaired) electrons. The van der Waals surface area contributed by atoms with E-state index in [-0.39, 0.29) is 6.07 Å². The number of rotatable bonds is 2. The van der Waals surface area contributed by atoms with Crippen LogP contribution in [0.25, 0.3) is 0 Å². The standard InChI is InChI=1S/C7H3ClF5NO2/c8-5-4(6(9)10)2(15)1-3(14-5)16-7(11,12)13/h1,6H,(H,14,15). The Kier molecular flexibility index (Phi) is 3.41. The molecule has 9 heteroatoms. The summed E-state index contributed by atoms with van der Waals surface area (Å²) in [5.74, 6) is -1.05. The van der Waals surface area contributed by atoms with Crippen LogP contribution in [0.15, 0.2) is 10.9 Å². The highest BCUT2D eigenvalue weighted by Crippen LogP contribution is 2.26. The third-order valence-electron chi connectivity index (χ3n) is 1.44. The maximum atomic E-state index is 12.2. The van der Waals surface area contributed by atoms with Crippen LogP contribution in [0.3, 0.4) is 0 Å². The molecule has 0 aromatic carbocycles. The van der Waals surface area contributed by atoms with Crippen molar-refractivity contribution in [1.82, 2.24) is 4.98 Å². The molecule has 3 nitrogen and oxygen atoms in total. The van der Waals surface area contributed by atoms with E-state index in [1.807, 2.05) is 0 Å². The molecule has 1 heterocycles. The highest BCUT2D eigenvalue weighted by Gasteiger charge is 2.32. The molecule has 1 aromatic heterocycles. The van der Waals surface area contributed by atoms with Gasteiger partial charge in [-0.2, -0.15) is 0 Å². The minimum atomic E-state index is -5.04. The van der Waals surface area contributed by atoms with E-state index in [9.17, 15) is 26.7 Å². The Morgan fingerprint density at radius 1 is 1.38 bits per heavy atom. The van der Waals surface area contributed by atoms with Crippen molar-refractivity contribution in [2.75, 3.05) is 0 Å². The number of ether oxygens (including phenoxy) is 1. The average molecular weight is 264 g/mol. The molecule has 0 spiro atoms. The van der Waals surface area contributed by atoms with Crippen LogP contribution in [-0.4, -0.2) is 11.3 Å². The molecule has 0 saturated heterocycles. The summed E-state index contributed by atoms with van der Waals surface area (Å²) < 4.78 is 62.9. The zero-order chi connectivity index (χ0) is 12.5. The molecule has 0 fully saturated rings. The topological polar surface area (TPSA) is 42.1 Å². The molecule has 0 aliphatic heterocycles. The summed E-state index contributed by atoms with van der Waals surface area (Å²) in [5, 5.41) is -0.887. The van der Waals surface area contributed by atoms with Crippen molar-refractivity contribution in [2.24, 2.45) is 0 Å². The largest absolute Gasteiger partial charge is 0.574 e. The third-order valence-corrected chi connectivity index (χ3v) is 1.74. The maximum absolute atomic E-state index is 12.2. The lowest BCUT2D eigenvalue weighted by Gasteiger charge is -2.10. The average Bonchev–Trinajstić information content (AvgIpc) is 1.96. The molecule has 0 atom stereocenters. The molecule has 1 N–H and O–H groups in total. The molecular weight excluding hydrogens is 261 g/mol. The van der Waals surface area contributed by atoms with Gasteiger partial charge in [-0.05, 0) is 0 Å². The van der Waals surface area contributed by atoms with Gasteiger partial charge in [-0.3, -0.25) is 4.79 Å². The minimum absolute atomic E-state index is 0.251. The number of hydrogen-bond donors (Lipinski definition) is 1. The summed E-state index contributed by atoms with van der Waals surface area (Å²) in [4.78, 5) is 12.7. The van der Waals surface area contributed by atoms with Crippen LogP contribution in [0.1, 0.15) is 12.0 Å². The van der Waals surface area contributed by atoms with Gasteiger partial charge in [-0.25, -0.2) is 8.78 Å². The second-order valence-electron chi connectivity index (χ2n) is 2.57. The number of aromatic amines is 1. The second-order valence-corrected chi connectivity index (χ2v) is 2.95. The van der Waals surface area contributed by atoms with Gasteiger partial charge in [0.1, 0.15) is 10.7 Å². The molecule has 1 rings (SSSR count). The summed E-state index contributed by atoms with van der Waals surface area (Å²) in [5.41, 5.74) is -2.44. The molecule has 0 unspecified atom stereocenters. The van der Waals surface area contributed by atoms with Crippen LogP contribution in [0.5, 0.6) is 5.88 Å². The van der Waals surface area contributed by atoms with Crippen molar-refractivity contribution >= 4 is 11.6 Å². The highest BCUT2D eigenvalue weighted by atomic mass is 35.5. The van der Waals surface area contributed by atoms with E-state index in [0.29, 0.717) is 0 Å². The molecular formula is C7H3ClF5NO2. The van der Waals surface area contributed by atoms with E-state index >= 15 is 0 Å². The van der Waals surface area contributed by atoms with Gasteiger partial charge in [0.05, 0.1) is 0 Å². The Bertz CT molecular complexity index is 441. The van der Waals surface area contributed by atoms with Gasteiger partial charge in [0.25, 0.3) is 6.43 Å². The third kappa shape index (κ3) is 3.09. The van der Waals surface area contributed by atoms with Gasteiger partial charge >= 0.3 is 6.36 Å². The van der Waals surface area contributed by atoms with Crippen LogP contribution in [0.4, 0.5) is 22.0 Å². The van der Waals surface area contributed by atoms with Crippen LogP contribution < -0.4 is 10.2 Å². The number of aromatic nitrogens is 1. The summed E-state index contributed by atoms with van der Waals surface area (Å²) in [6.45, 7) is 0. The van der Waals surface area contributed by atoms with Crippen molar-refractivity contribution in [3.63, 3.8) is 0 Å². The zero-order valence-electron chi connectivity index (χ0n) is 7.24. The van der Waals surface area contributed by atoms with Crippen molar-refractivity contribution in [3.8, 4) is 5.88 Å². The molecule has 0 aliphatic carbocycles. The van der Waals surface area contributed by atoms with Crippen molar-refractivity contribution < 1.29 is 26.7 Å². The lowest BCUT2D eigenvalue weighted by Crippen LogP contribution is -2.20. The van der Waals surface area contributed by atoms with Crippen molar-refractivity contribution in [3.05, 3.63) is 27.0 Å². The van der Waals surface area contributed by atoms with E-state index in [1.165, 1.54) is 0 Å². The first kappa shape index (κ1) is 12.8. The zero-order valence-corrected chi connectivity index (χ0v) is 7.99. The molecule has 0 amide bonds. The fraction of sp³-hybridized carbons (Fsp3) is 0.286. The monoisotopic (exact) mass is 263 g/mol. The van der Waals surface area contributed by atoms with Crippen LogP contribution in [-0.2, 0) is 0 Å². The van der Waals surface area contributed by atoms with Gasteiger partial charge < -0.3 is 9.72 Å². The van der Waals surface area contributed by atoms with Crippen LogP contribution in [0, 0.1) is 0 Å². The Labute approximate surface area is 89.8 Å². The van der Waals surface area contributed by atoms with Gasteiger partial charge in [0.15, 0.2) is 5.43 Å². The smallest absolute Gasteiger partial charge is 0.390 e. The fourth-order valence-corrected chi connectivity index (χ4v) is 1.17. The molecule has 0 saturated carbocycles. The Balaban J connectivity index is 3.16. The first-order chi connectivity index (χ1) is 7.20. The number of nitrogens with one attached hydrogen (secondary N) is 1. The first-order valence-electron chi connectivity index (χ1n) is 3.67. The van der Waals surface area contributed by atoms with Crippen LogP contribution in [0.2, 0.25) is 5.15 Å². The molecule has 90 valence electrons. The van der Waals surface area contributed by atoms with E-state index < -0.39 is 34.8 Å². The predicted molar refractivity (Wildman–Crippen MR) is 43.7 cm³/mol. The predicted octanol–water partition coefficient (Wildman–Crippen LogP) is 2.86. The van der Waals surface area contributed by atoms with Gasteiger partial charge in [0, 0.05) is 6.07 Å². The number of pyridine rings is 1. The number of alkyl halides is 5. The Hall–Kier alpha value is -1.31. The molecule has 1 aromatic rings. The molecule has 16 heavy (non-hydrogen) atoms. The van der Waals surface area contributed by atoms with E-state index in [2.05, 4.69) is 4.74 Å². The molecule has 0 bridgehead atoms. The van der Waals surface area contributed by atoms with E-state index in [4.69, 9.17) is 11.6 Å². The summed E-state index contributed by atoms with van der Waals surface area (Å²) in [7, 11) is 0. The number of hydrogen-bond acceptors (Lipinski definition) is 2. The summed E-state index contributed by atoms with van der Waals surface area (Å²) in [6, 6.07) is 0.251. The molecule has 0 aliphatic rings. The van der Waals surface area contributed by atoms with Crippen molar-refractivity contribution in [2.45, 2.75) is 12.8 Å². The SMILES string of the molecule is O=c1cc(OC(F)(F)F)[nH]c(Cl)c1C(F)F. The van der Waals surface area contributed by atoms with Gasteiger partial charge in [0.2, 0.25) is 5.88 Å². The van der Waals surface area contributed by atoms with E-state index in [0.717, 1.165) is 0 Å². The minimum Gasteiger partial charge on any atom is -0.390 e. The summed E-state index contributed by atoms with van der Waals surface area (Å²) in [6.07, 6.45) is -8.23. The van der Waals surface area contributed by atoms with Crippen LogP contribution >= 0.6 is 11.6 Å². The van der Waals surface area contributed by atoms with E-state index in [1.54, 1.807) is 4.98 Å². The summed E-state index contributed by atoms with van der Waals surface area (Å²) >= 11 is 5.18. The number of halogens is 6. The lowest BCUT2D eigenvalue weighted by atomic mass is 10.3. The Morgan fingerprint density at radius 2 is 1.94 bits per heavy atom.